The number of carbonyl (C=O) groups excluding carboxylic acids is 2. The van der Waals surface area contributed by atoms with E-state index in [1.165, 1.54) is 11.3 Å². The van der Waals surface area contributed by atoms with Crippen LogP contribution in [0.5, 0.6) is 0 Å². The second kappa shape index (κ2) is 10.0. The molecule has 1 heterocycles. The Labute approximate surface area is 173 Å². The van der Waals surface area contributed by atoms with E-state index in [0.717, 1.165) is 16.0 Å². The molecular weight excluding hydrogens is 392 g/mol. The maximum atomic E-state index is 11.5. The molecule has 3 amide bonds. The Morgan fingerprint density at radius 2 is 1.72 bits per heavy atom. The summed E-state index contributed by atoms with van der Waals surface area (Å²) in [7, 11) is 0. The van der Waals surface area contributed by atoms with Crippen LogP contribution in [0.15, 0.2) is 30.3 Å². The number of carbonyl (C=O) groups is 3. The highest BCUT2D eigenvalue weighted by Crippen LogP contribution is 2.29. The molecule has 0 fully saturated rings. The van der Waals surface area contributed by atoms with E-state index in [1.807, 2.05) is 38.1 Å². The first-order chi connectivity index (χ1) is 13.7. The predicted octanol–water partition coefficient (Wildman–Crippen LogP) is 2.52. The fraction of sp³-hybridized carbons (Fsp3) is 0.350. The lowest BCUT2D eigenvalue weighted by Gasteiger charge is -2.16. The van der Waals surface area contributed by atoms with Gasteiger partial charge in [-0.2, -0.15) is 0 Å². The van der Waals surface area contributed by atoms with Gasteiger partial charge in [0.25, 0.3) is 5.91 Å². The Bertz CT molecular complexity index is 877. The van der Waals surface area contributed by atoms with Crippen molar-refractivity contribution in [2.45, 2.75) is 39.3 Å². The summed E-state index contributed by atoms with van der Waals surface area (Å²) >= 11 is 1.25. The zero-order chi connectivity index (χ0) is 21.6. The van der Waals surface area contributed by atoms with Crippen molar-refractivity contribution in [1.29, 1.82) is 0 Å². The summed E-state index contributed by atoms with van der Waals surface area (Å²) in [6.45, 7) is 4.44. The second-order valence-electron chi connectivity index (χ2n) is 7.20. The number of aliphatic carboxylic acids is 1. The number of amides is 3. The zero-order valence-electron chi connectivity index (χ0n) is 16.4. The van der Waals surface area contributed by atoms with E-state index < -0.39 is 23.9 Å². The molecule has 0 unspecified atom stereocenters. The van der Waals surface area contributed by atoms with Crippen molar-refractivity contribution in [2.75, 3.05) is 5.32 Å². The maximum absolute atomic E-state index is 11.5. The molecule has 0 bridgehead atoms. The molecule has 0 saturated carbocycles. The molecule has 156 valence electrons. The fourth-order valence-corrected chi connectivity index (χ4v) is 3.98. The van der Waals surface area contributed by atoms with Gasteiger partial charge in [-0.25, -0.2) is 4.79 Å². The van der Waals surface area contributed by atoms with Crippen molar-refractivity contribution in [3.63, 3.8) is 0 Å². The summed E-state index contributed by atoms with van der Waals surface area (Å²) in [6.07, 6.45) is 1.12. The summed E-state index contributed by atoms with van der Waals surface area (Å²) < 4.78 is 0. The van der Waals surface area contributed by atoms with Gasteiger partial charge in [0.2, 0.25) is 0 Å². The molecule has 0 saturated heterocycles. The molecule has 0 aliphatic carbocycles. The zero-order valence-corrected chi connectivity index (χ0v) is 17.2. The Morgan fingerprint density at radius 3 is 2.24 bits per heavy atom. The summed E-state index contributed by atoms with van der Waals surface area (Å²) in [6, 6.07) is 8.07. The first kappa shape index (κ1) is 22.4. The van der Waals surface area contributed by atoms with E-state index in [9.17, 15) is 19.5 Å². The van der Waals surface area contributed by atoms with Crippen molar-refractivity contribution >= 4 is 34.2 Å². The van der Waals surface area contributed by atoms with Crippen LogP contribution in [0.25, 0.3) is 0 Å². The Kier molecular flexibility index (Phi) is 7.74. The molecule has 9 heteroatoms. The lowest BCUT2D eigenvalue weighted by atomic mass is 10.0. The largest absolute Gasteiger partial charge is 0.480 e. The highest BCUT2D eigenvalue weighted by Gasteiger charge is 2.18. The van der Waals surface area contributed by atoms with E-state index in [-0.39, 0.29) is 11.5 Å². The van der Waals surface area contributed by atoms with Crippen LogP contribution in [-0.4, -0.2) is 29.1 Å². The number of rotatable bonds is 10. The van der Waals surface area contributed by atoms with Crippen molar-refractivity contribution in [2.24, 2.45) is 17.4 Å². The van der Waals surface area contributed by atoms with Crippen LogP contribution in [0.2, 0.25) is 0 Å². The number of hydrogen-bond donors (Lipinski definition) is 5. The number of benzene rings is 1. The van der Waals surface area contributed by atoms with Gasteiger partial charge in [-0.3, -0.25) is 14.9 Å². The van der Waals surface area contributed by atoms with Gasteiger partial charge < -0.3 is 21.9 Å². The van der Waals surface area contributed by atoms with E-state index in [2.05, 4.69) is 10.6 Å². The Hall–Kier alpha value is -2.91. The minimum absolute atomic E-state index is 0.231. The normalized spacial score (nSPS) is 12.0. The van der Waals surface area contributed by atoms with Gasteiger partial charge in [0.05, 0.1) is 5.56 Å². The lowest BCUT2D eigenvalue weighted by molar-refractivity contribution is -0.140. The molecule has 7 N–H and O–H groups in total. The number of carboxylic acid groups (broad SMARTS) is 1. The molecule has 0 spiro atoms. The number of carboxylic acids is 1. The number of thiophene rings is 1. The molecule has 1 aromatic carbocycles. The molecule has 0 radical (unpaired) electrons. The molecule has 0 aliphatic rings. The number of anilines is 1. The molecule has 1 atom stereocenters. The lowest BCUT2D eigenvalue weighted by Crippen LogP contribution is -2.37. The van der Waals surface area contributed by atoms with Gasteiger partial charge in [-0.15, -0.1) is 11.3 Å². The summed E-state index contributed by atoms with van der Waals surface area (Å²) in [5, 5.41) is 15.1. The van der Waals surface area contributed by atoms with Crippen molar-refractivity contribution in [3.8, 4) is 0 Å². The molecule has 8 nitrogen and oxygen atoms in total. The SMILES string of the molecule is CC(C)C[C@@H](NCc1ccc(Cc2cc(C(N)=O)c(NC(N)=O)s2)cc1)C(=O)O. The fourth-order valence-electron chi connectivity index (χ4n) is 2.88. The number of primary amides is 2. The second-order valence-corrected chi connectivity index (χ2v) is 8.34. The van der Waals surface area contributed by atoms with Crippen LogP contribution in [0.4, 0.5) is 9.80 Å². The Balaban J connectivity index is 2.03. The van der Waals surface area contributed by atoms with Crippen LogP contribution in [0.3, 0.4) is 0 Å². The van der Waals surface area contributed by atoms with E-state index in [4.69, 9.17) is 11.5 Å². The van der Waals surface area contributed by atoms with Crippen molar-refractivity contribution in [3.05, 3.63) is 51.9 Å². The summed E-state index contributed by atoms with van der Waals surface area (Å²) in [5.74, 6) is -1.19. The molecular formula is C20H26N4O4S. The van der Waals surface area contributed by atoms with Crippen LogP contribution in [0.1, 0.15) is 46.6 Å². The van der Waals surface area contributed by atoms with Crippen LogP contribution in [0, 0.1) is 5.92 Å². The molecule has 0 aliphatic heterocycles. The highest BCUT2D eigenvalue weighted by atomic mass is 32.1. The monoisotopic (exact) mass is 418 g/mol. The maximum Gasteiger partial charge on any atom is 0.320 e. The number of hydrogen-bond acceptors (Lipinski definition) is 5. The number of urea groups is 1. The van der Waals surface area contributed by atoms with Crippen LogP contribution >= 0.6 is 11.3 Å². The van der Waals surface area contributed by atoms with E-state index in [1.54, 1.807) is 6.07 Å². The van der Waals surface area contributed by atoms with Gasteiger partial charge in [0.1, 0.15) is 11.0 Å². The minimum atomic E-state index is -0.848. The Morgan fingerprint density at radius 1 is 1.10 bits per heavy atom. The smallest absolute Gasteiger partial charge is 0.320 e. The molecule has 1 aromatic heterocycles. The van der Waals surface area contributed by atoms with E-state index in [0.29, 0.717) is 24.4 Å². The molecule has 2 rings (SSSR count). The predicted molar refractivity (Wildman–Crippen MR) is 113 cm³/mol. The standard InChI is InChI=1S/C20H26N4O4S/c1-11(2)7-16(19(26)27)23-10-13-5-3-12(4-6-13)8-14-9-15(17(21)25)18(29-14)24-20(22)28/h3-6,9,11,16,23H,7-8,10H2,1-2H3,(H2,21,25)(H,26,27)(H3,22,24,28)/t16-/m1/s1. The van der Waals surface area contributed by atoms with Gasteiger partial charge in [0, 0.05) is 17.8 Å². The number of nitrogens with one attached hydrogen (secondary N) is 2. The van der Waals surface area contributed by atoms with Crippen LogP contribution in [-0.2, 0) is 17.8 Å². The minimum Gasteiger partial charge on any atom is -0.480 e. The third kappa shape index (κ3) is 6.88. The first-order valence-corrected chi connectivity index (χ1v) is 10.00. The topological polar surface area (TPSA) is 148 Å². The quantitative estimate of drug-likeness (QED) is 0.402. The van der Waals surface area contributed by atoms with Crippen molar-refractivity contribution in [1.82, 2.24) is 5.32 Å². The van der Waals surface area contributed by atoms with Gasteiger partial charge in [0.15, 0.2) is 0 Å². The average molecular weight is 419 g/mol. The van der Waals surface area contributed by atoms with Crippen molar-refractivity contribution < 1.29 is 19.5 Å². The number of nitrogens with two attached hydrogens (primary N) is 2. The summed E-state index contributed by atoms with van der Waals surface area (Å²) in [4.78, 5) is 34.8. The van der Waals surface area contributed by atoms with Gasteiger partial charge in [-0.1, -0.05) is 38.1 Å². The average Bonchev–Trinajstić information content (AvgIpc) is 3.01. The van der Waals surface area contributed by atoms with Crippen LogP contribution < -0.4 is 22.1 Å². The van der Waals surface area contributed by atoms with Gasteiger partial charge >= 0.3 is 12.0 Å². The molecule has 29 heavy (non-hydrogen) atoms. The first-order valence-electron chi connectivity index (χ1n) is 9.18. The highest BCUT2D eigenvalue weighted by molar-refractivity contribution is 7.16. The third-order valence-electron chi connectivity index (χ3n) is 4.24. The van der Waals surface area contributed by atoms with E-state index >= 15 is 0 Å². The third-order valence-corrected chi connectivity index (χ3v) is 5.29. The summed E-state index contributed by atoms with van der Waals surface area (Å²) in [5.41, 5.74) is 12.7. The van der Waals surface area contributed by atoms with Gasteiger partial charge in [-0.05, 0) is 29.5 Å². The molecule has 2 aromatic rings.